The van der Waals surface area contributed by atoms with Crippen LogP contribution in [0.15, 0.2) is 59.3 Å². The van der Waals surface area contributed by atoms with Crippen molar-refractivity contribution in [1.29, 1.82) is 0 Å². The summed E-state index contributed by atoms with van der Waals surface area (Å²) in [5.74, 6) is -0.355. The predicted molar refractivity (Wildman–Crippen MR) is 116 cm³/mol. The van der Waals surface area contributed by atoms with Gasteiger partial charge in [-0.2, -0.15) is 5.10 Å². The minimum absolute atomic E-state index is 0.0162. The highest BCUT2D eigenvalue weighted by Crippen LogP contribution is 2.21. The molecule has 0 spiro atoms. The molecule has 2 aromatic heterocycles. The average molecular weight is 468 g/mol. The van der Waals surface area contributed by atoms with E-state index in [1.807, 2.05) is 36.4 Å². The van der Waals surface area contributed by atoms with Crippen LogP contribution in [0.5, 0.6) is 0 Å². The summed E-state index contributed by atoms with van der Waals surface area (Å²) in [6, 6.07) is 13.3. The number of hydrogen-bond donors (Lipinski definition) is 2. The van der Waals surface area contributed by atoms with Gasteiger partial charge < -0.3 is 10.2 Å². The number of benzene rings is 1. The summed E-state index contributed by atoms with van der Waals surface area (Å²) >= 11 is 3.41. The molecule has 0 radical (unpaired) electrons. The molecule has 1 fully saturated rings. The van der Waals surface area contributed by atoms with Crippen molar-refractivity contribution in [2.24, 2.45) is 5.92 Å². The molecule has 154 valence electrons. The fourth-order valence-corrected chi connectivity index (χ4v) is 3.85. The molecule has 1 aliphatic heterocycles. The van der Waals surface area contributed by atoms with E-state index in [9.17, 15) is 9.59 Å². The van der Waals surface area contributed by atoms with Gasteiger partial charge in [0.15, 0.2) is 0 Å². The molecule has 0 saturated carbocycles. The second-order valence-electron chi connectivity index (χ2n) is 7.34. The van der Waals surface area contributed by atoms with Crippen molar-refractivity contribution in [1.82, 2.24) is 25.4 Å². The van der Waals surface area contributed by atoms with Crippen LogP contribution < -0.4 is 5.32 Å². The highest BCUT2D eigenvalue weighted by atomic mass is 79.9. The number of carbonyl (C=O) groups is 2. The molecule has 1 atom stereocenters. The summed E-state index contributed by atoms with van der Waals surface area (Å²) < 4.78 is 1.00. The van der Waals surface area contributed by atoms with E-state index in [-0.39, 0.29) is 17.7 Å². The number of nitrogens with one attached hydrogen (secondary N) is 2. The molecule has 1 aromatic carbocycles. The maximum Gasteiger partial charge on any atom is 0.271 e. The molecule has 0 bridgehead atoms. The van der Waals surface area contributed by atoms with Gasteiger partial charge in [-0.25, -0.2) is 0 Å². The lowest BCUT2D eigenvalue weighted by molar-refractivity contribution is -0.126. The van der Waals surface area contributed by atoms with Gasteiger partial charge in [-0.3, -0.25) is 19.7 Å². The van der Waals surface area contributed by atoms with Gasteiger partial charge in [0.05, 0.1) is 11.6 Å². The fourth-order valence-electron chi connectivity index (χ4n) is 3.58. The van der Waals surface area contributed by atoms with Crippen LogP contribution in [-0.2, 0) is 11.3 Å². The standard InChI is InChI=1S/C22H22BrN5O2/c23-18-5-3-15(4-6-18)13-25-21(29)17-2-1-11-28(14-17)22(30)20-12-19(26-27-20)16-7-9-24-10-8-16/h3-10,12,17H,1-2,11,13-14H2,(H,25,29)(H,26,27)/t17-/m1/s1. The van der Waals surface area contributed by atoms with E-state index in [1.54, 1.807) is 23.4 Å². The third kappa shape index (κ3) is 4.76. The molecule has 2 amide bonds. The Morgan fingerprint density at radius 3 is 2.70 bits per heavy atom. The van der Waals surface area contributed by atoms with Gasteiger partial charge in [-0.05, 0) is 48.7 Å². The van der Waals surface area contributed by atoms with Crippen molar-refractivity contribution in [3.05, 3.63) is 70.6 Å². The summed E-state index contributed by atoms with van der Waals surface area (Å²) in [5, 5.41) is 10.1. The van der Waals surface area contributed by atoms with Gasteiger partial charge in [0, 0.05) is 42.1 Å². The van der Waals surface area contributed by atoms with Crippen LogP contribution >= 0.6 is 15.9 Å². The van der Waals surface area contributed by atoms with E-state index < -0.39 is 0 Å². The van der Waals surface area contributed by atoms with E-state index in [2.05, 4.69) is 36.4 Å². The number of nitrogens with zero attached hydrogens (tertiary/aromatic N) is 3. The molecule has 0 unspecified atom stereocenters. The number of H-pyrrole nitrogens is 1. The number of aromatic amines is 1. The maximum absolute atomic E-state index is 12.9. The Morgan fingerprint density at radius 1 is 1.17 bits per heavy atom. The molecule has 30 heavy (non-hydrogen) atoms. The number of halogens is 1. The van der Waals surface area contributed by atoms with Crippen molar-refractivity contribution in [3.8, 4) is 11.3 Å². The quantitative estimate of drug-likeness (QED) is 0.601. The van der Waals surface area contributed by atoms with Crippen LogP contribution in [0.1, 0.15) is 28.9 Å². The van der Waals surface area contributed by atoms with E-state index in [0.717, 1.165) is 28.4 Å². The number of likely N-dealkylation sites (tertiary alicyclic amines) is 1. The Kier molecular flexibility index (Phi) is 6.23. The lowest BCUT2D eigenvalue weighted by atomic mass is 9.96. The third-order valence-electron chi connectivity index (χ3n) is 5.24. The highest BCUT2D eigenvalue weighted by molar-refractivity contribution is 9.10. The van der Waals surface area contributed by atoms with Gasteiger partial charge in [0.2, 0.25) is 5.91 Å². The first kappa shape index (κ1) is 20.3. The summed E-state index contributed by atoms with van der Waals surface area (Å²) in [6.07, 6.45) is 4.95. The molecule has 3 aromatic rings. The molecule has 8 heteroatoms. The number of piperidine rings is 1. The van der Waals surface area contributed by atoms with Crippen LogP contribution in [0.3, 0.4) is 0 Å². The summed E-state index contributed by atoms with van der Waals surface area (Å²) in [7, 11) is 0. The van der Waals surface area contributed by atoms with Gasteiger partial charge >= 0.3 is 0 Å². The lowest BCUT2D eigenvalue weighted by Crippen LogP contribution is -2.45. The number of amides is 2. The van der Waals surface area contributed by atoms with E-state index in [0.29, 0.717) is 31.0 Å². The van der Waals surface area contributed by atoms with Crippen molar-refractivity contribution in [2.75, 3.05) is 13.1 Å². The molecule has 7 nitrogen and oxygen atoms in total. The van der Waals surface area contributed by atoms with E-state index >= 15 is 0 Å². The second-order valence-corrected chi connectivity index (χ2v) is 8.25. The van der Waals surface area contributed by atoms with E-state index in [1.165, 1.54) is 0 Å². The number of aromatic nitrogens is 3. The molecule has 0 aliphatic carbocycles. The molecule has 2 N–H and O–H groups in total. The first-order valence-corrected chi connectivity index (χ1v) is 10.7. The Hall–Kier alpha value is -3.00. The molecule has 4 rings (SSSR count). The first-order valence-electron chi connectivity index (χ1n) is 9.87. The SMILES string of the molecule is O=C(NCc1ccc(Br)cc1)[C@@H]1CCCN(C(=O)c2cc(-c3ccncc3)n[nH]2)C1. The Balaban J connectivity index is 1.36. The first-order chi connectivity index (χ1) is 14.6. The van der Waals surface area contributed by atoms with E-state index in [4.69, 9.17) is 0 Å². The van der Waals surface area contributed by atoms with Crippen LogP contribution in [-0.4, -0.2) is 45.0 Å². The lowest BCUT2D eigenvalue weighted by Gasteiger charge is -2.31. The minimum atomic E-state index is -0.208. The van der Waals surface area contributed by atoms with Gasteiger partial charge in [-0.15, -0.1) is 0 Å². The zero-order valence-corrected chi connectivity index (χ0v) is 17.9. The summed E-state index contributed by atoms with van der Waals surface area (Å²) in [5.41, 5.74) is 3.06. The summed E-state index contributed by atoms with van der Waals surface area (Å²) in [6.45, 7) is 1.53. The predicted octanol–water partition coefficient (Wildman–Crippen LogP) is 3.40. The smallest absolute Gasteiger partial charge is 0.271 e. The van der Waals surface area contributed by atoms with Gasteiger partial charge in [0.25, 0.3) is 5.91 Å². The van der Waals surface area contributed by atoms with Crippen LogP contribution in [0.4, 0.5) is 0 Å². The third-order valence-corrected chi connectivity index (χ3v) is 5.77. The van der Waals surface area contributed by atoms with Gasteiger partial charge in [-0.1, -0.05) is 28.1 Å². The molecular formula is C22H22BrN5O2. The van der Waals surface area contributed by atoms with Crippen LogP contribution in [0.2, 0.25) is 0 Å². The van der Waals surface area contributed by atoms with Crippen molar-refractivity contribution in [2.45, 2.75) is 19.4 Å². The summed E-state index contributed by atoms with van der Waals surface area (Å²) in [4.78, 5) is 31.3. The average Bonchev–Trinajstić information content (AvgIpc) is 3.29. The zero-order valence-electron chi connectivity index (χ0n) is 16.3. The molecule has 1 aliphatic rings. The molecular weight excluding hydrogens is 446 g/mol. The van der Waals surface area contributed by atoms with Crippen molar-refractivity contribution in [3.63, 3.8) is 0 Å². The Bertz CT molecular complexity index is 1020. The Labute approximate surface area is 183 Å². The highest BCUT2D eigenvalue weighted by Gasteiger charge is 2.29. The minimum Gasteiger partial charge on any atom is -0.352 e. The normalized spacial score (nSPS) is 16.3. The fraction of sp³-hybridized carbons (Fsp3) is 0.273. The monoisotopic (exact) mass is 467 g/mol. The second kappa shape index (κ2) is 9.21. The Morgan fingerprint density at radius 2 is 1.93 bits per heavy atom. The number of hydrogen-bond acceptors (Lipinski definition) is 4. The van der Waals surface area contributed by atoms with Gasteiger partial charge in [0.1, 0.15) is 5.69 Å². The molecule has 3 heterocycles. The molecule has 1 saturated heterocycles. The maximum atomic E-state index is 12.9. The largest absolute Gasteiger partial charge is 0.352 e. The zero-order chi connectivity index (χ0) is 20.9. The van der Waals surface area contributed by atoms with Crippen molar-refractivity contribution < 1.29 is 9.59 Å². The van der Waals surface area contributed by atoms with Crippen LogP contribution in [0, 0.1) is 5.92 Å². The topological polar surface area (TPSA) is 91.0 Å². The van der Waals surface area contributed by atoms with Crippen LogP contribution in [0.25, 0.3) is 11.3 Å². The number of pyridine rings is 1. The number of rotatable bonds is 5. The van der Waals surface area contributed by atoms with Crippen molar-refractivity contribution >= 4 is 27.7 Å². The number of carbonyl (C=O) groups excluding carboxylic acids is 2.